The zero-order chi connectivity index (χ0) is 14.7. The van der Waals surface area contributed by atoms with Gasteiger partial charge in [0.1, 0.15) is 0 Å². The molecule has 5 heteroatoms. The molecule has 2 aromatic rings. The molecule has 2 heterocycles. The molecule has 0 radical (unpaired) electrons. The van der Waals surface area contributed by atoms with Crippen LogP contribution in [0.15, 0.2) is 42.7 Å². The first-order valence-electron chi connectivity index (χ1n) is 7.00. The number of hydrogen-bond acceptors (Lipinski definition) is 3. The molecule has 1 amide bonds. The van der Waals surface area contributed by atoms with Gasteiger partial charge in [0.25, 0.3) is 5.91 Å². The lowest BCUT2D eigenvalue weighted by molar-refractivity contribution is 0.102. The van der Waals surface area contributed by atoms with Crippen molar-refractivity contribution in [3.05, 3.63) is 54.1 Å². The summed E-state index contributed by atoms with van der Waals surface area (Å²) in [6.07, 6.45) is 4.83. The standard InChI is InChI=1S/C16H16FN3O/c17-15-11-18-7-6-14(15)16(21)19-12-4-3-5-13(10-12)20-8-1-2-9-20/h3-7,10-11H,1-2,8-9H2,(H,19,21). The van der Waals surface area contributed by atoms with Crippen LogP contribution in [0, 0.1) is 5.82 Å². The van der Waals surface area contributed by atoms with Crippen LogP contribution in [0.2, 0.25) is 0 Å². The Labute approximate surface area is 122 Å². The number of pyridine rings is 1. The molecule has 1 N–H and O–H groups in total. The van der Waals surface area contributed by atoms with E-state index in [4.69, 9.17) is 0 Å². The molecule has 1 fully saturated rings. The number of hydrogen-bond donors (Lipinski definition) is 1. The average molecular weight is 285 g/mol. The first kappa shape index (κ1) is 13.5. The lowest BCUT2D eigenvalue weighted by Gasteiger charge is -2.18. The number of amides is 1. The number of carbonyl (C=O) groups excluding carboxylic acids is 1. The van der Waals surface area contributed by atoms with E-state index in [1.165, 1.54) is 25.1 Å². The largest absolute Gasteiger partial charge is 0.371 e. The van der Waals surface area contributed by atoms with E-state index in [9.17, 15) is 9.18 Å². The Hall–Kier alpha value is -2.43. The van der Waals surface area contributed by atoms with Crippen LogP contribution >= 0.6 is 0 Å². The molecule has 4 nitrogen and oxygen atoms in total. The summed E-state index contributed by atoms with van der Waals surface area (Å²) >= 11 is 0. The smallest absolute Gasteiger partial charge is 0.258 e. The van der Waals surface area contributed by atoms with Gasteiger partial charge in [-0.3, -0.25) is 9.78 Å². The van der Waals surface area contributed by atoms with Gasteiger partial charge in [-0.25, -0.2) is 4.39 Å². The molecule has 1 aromatic carbocycles. The second kappa shape index (κ2) is 5.91. The Balaban J connectivity index is 1.77. The number of nitrogens with zero attached hydrogens (tertiary/aromatic N) is 2. The minimum absolute atomic E-state index is 0.00317. The van der Waals surface area contributed by atoms with Gasteiger partial charge in [0.05, 0.1) is 11.8 Å². The predicted molar refractivity (Wildman–Crippen MR) is 80.0 cm³/mol. The molecular weight excluding hydrogens is 269 g/mol. The molecule has 1 aliphatic heterocycles. The van der Waals surface area contributed by atoms with Crippen molar-refractivity contribution in [2.75, 3.05) is 23.3 Å². The minimum atomic E-state index is -0.620. The third kappa shape index (κ3) is 3.02. The molecule has 1 saturated heterocycles. The van der Waals surface area contributed by atoms with E-state index in [1.54, 1.807) is 6.07 Å². The molecule has 0 bridgehead atoms. The lowest BCUT2D eigenvalue weighted by Crippen LogP contribution is -2.18. The third-order valence-corrected chi connectivity index (χ3v) is 3.59. The van der Waals surface area contributed by atoms with Crippen LogP contribution in [0.3, 0.4) is 0 Å². The van der Waals surface area contributed by atoms with Gasteiger partial charge < -0.3 is 10.2 Å². The quantitative estimate of drug-likeness (QED) is 0.942. The summed E-state index contributed by atoms with van der Waals surface area (Å²) in [5.74, 6) is -1.08. The van der Waals surface area contributed by atoms with Gasteiger partial charge in [0.15, 0.2) is 5.82 Å². The van der Waals surface area contributed by atoms with Crippen molar-refractivity contribution in [2.24, 2.45) is 0 Å². The molecule has 108 valence electrons. The van der Waals surface area contributed by atoms with Gasteiger partial charge in [-0.15, -0.1) is 0 Å². The van der Waals surface area contributed by atoms with Crippen LogP contribution in [-0.4, -0.2) is 24.0 Å². The van der Waals surface area contributed by atoms with Crippen molar-refractivity contribution in [3.63, 3.8) is 0 Å². The normalized spacial score (nSPS) is 14.2. The first-order valence-corrected chi connectivity index (χ1v) is 7.00. The highest BCUT2D eigenvalue weighted by Gasteiger charge is 2.14. The van der Waals surface area contributed by atoms with Crippen LogP contribution in [-0.2, 0) is 0 Å². The fourth-order valence-electron chi connectivity index (χ4n) is 2.51. The fraction of sp³-hybridized carbons (Fsp3) is 0.250. The van der Waals surface area contributed by atoms with Gasteiger partial charge >= 0.3 is 0 Å². The van der Waals surface area contributed by atoms with E-state index in [0.717, 1.165) is 25.0 Å². The van der Waals surface area contributed by atoms with E-state index in [1.807, 2.05) is 18.2 Å². The second-order valence-corrected chi connectivity index (χ2v) is 5.05. The van der Waals surface area contributed by atoms with Crippen molar-refractivity contribution in [3.8, 4) is 0 Å². The zero-order valence-electron chi connectivity index (χ0n) is 11.6. The SMILES string of the molecule is O=C(Nc1cccc(N2CCCC2)c1)c1ccncc1F. The number of aromatic nitrogens is 1. The summed E-state index contributed by atoms with van der Waals surface area (Å²) in [6, 6.07) is 9.01. The maximum atomic E-state index is 13.5. The first-order chi connectivity index (χ1) is 10.2. The Morgan fingerprint density at radius 2 is 2.05 bits per heavy atom. The minimum Gasteiger partial charge on any atom is -0.371 e. The van der Waals surface area contributed by atoms with Crippen LogP contribution < -0.4 is 10.2 Å². The molecular formula is C16H16FN3O. The van der Waals surface area contributed by atoms with Crippen molar-refractivity contribution in [1.29, 1.82) is 0 Å². The van der Waals surface area contributed by atoms with Crippen molar-refractivity contribution in [2.45, 2.75) is 12.8 Å². The Morgan fingerprint density at radius 3 is 2.81 bits per heavy atom. The van der Waals surface area contributed by atoms with Crippen LogP contribution in [0.25, 0.3) is 0 Å². The van der Waals surface area contributed by atoms with Crippen molar-refractivity contribution >= 4 is 17.3 Å². The molecule has 0 atom stereocenters. The number of carbonyl (C=O) groups is 1. The topological polar surface area (TPSA) is 45.2 Å². The molecule has 21 heavy (non-hydrogen) atoms. The fourth-order valence-corrected chi connectivity index (χ4v) is 2.51. The number of rotatable bonds is 3. The van der Waals surface area contributed by atoms with Gasteiger partial charge in [0, 0.05) is 30.7 Å². The van der Waals surface area contributed by atoms with E-state index in [0.29, 0.717) is 5.69 Å². The summed E-state index contributed by atoms with van der Waals surface area (Å²) < 4.78 is 13.5. The summed E-state index contributed by atoms with van der Waals surface area (Å²) in [6.45, 7) is 2.08. The molecule has 0 saturated carbocycles. The maximum absolute atomic E-state index is 13.5. The molecule has 0 unspecified atom stereocenters. The van der Waals surface area contributed by atoms with Gasteiger partial charge in [-0.1, -0.05) is 6.07 Å². The third-order valence-electron chi connectivity index (χ3n) is 3.59. The highest BCUT2D eigenvalue weighted by Crippen LogP contribution is 2.23. The Kier molecular flexibility index (Phi) is 3.81. The number of nitrogens with one attached hydrogen (secondary N) is 1. The van der Waals surface area contributed by atoms with Crippen molar-refractivity contribution in [1.82, 2.24) is 4.98 Å². The van der Waals surface area contributed by atoms with E-state index >= 15 is 0 Å². The van der Waals surface area contributed by atoms with Gasteiger partial charge in [0.2, 0.25) is 0 Å². The van der Waals surface area contributed by atoms with E-state index in [2.05, 4.69) is 15.2 Å². The Bertz CT molecular complexity index is 653. The number of anilines is 2. The number of benzene rings is 1. The summed E-state index contributed by atoms with van der Waals surface area (Å²) in [7, 11) is 0. The van der Waals surface area contributed by atoms with Gasteiger partial charge in [-0.2, -0.15) is 0 Å². The highest BCUT2D eigenvalue weighted by molar-refractivity contribution is 6.04. The molecule has 0 spiro atoms. The second-order valence-electron chi connectivity index (χ2n) is 5.05. The van der Waals surface area contributed by atoms with Crippen LogP contribution in [0.4, 0.5) is 15.8 Å². The molecule has 3 rings (SSSR count). The number of halogens is 1. The van der Waals surface area contributed by atoms with Crippen LogP contribution in [0.1, 0.15) is 23.2 Å². The Morgan fingerprint density at radius 1 is 1.24 bits per heavy atom. The van der Waals surface area contributed by atoms with Crippen LogP contribution in [0.5, 0.6) is 0 Å². The van der Waals surface area contributed by atoms with E-state index < -0.39 is 11.7 Å². The lowest BCUT2D eigenvalue weighted by atomic mass is 10.2. The highest BCUT2D eigenvalue weighted by atomic mass is 19.1. The van der Waals surface area contributed by atoms with Crippen molar-refractivity contribution < 1.29 is 9.18 Å². The van der Waals surface area contributed by atoms with Gasteiger partial charge in [-0.05, 0) is 37.1 Å². The molecule has 0 aliphatic carbocycles. The summed E-state index contributed by atoms with van der Waals surface area (Å²) in [5, 5.41) is 2.73. The average Bonchev–Trinajstić information content (AvgIpc) is 3.02. The van der Waals surface area contributed by atoms with E-state index in [-0.39, 0.29) is 5.56 Å². The molecule has 1 aliphatic rings. The monoisotopic (exact) mass is 285 g/mol. The summed E-state index contributed by atoms with van der Waals surface area (Å²) in [4.78, 5) is 18.0. The zero-order valence-corrected chi connectivity index (χ0v) is 11.6. The molecule has 1 aromatic heterocycles. The predicted octanol–water partition coefficient (Wildman–Crippen LogP) is 3.07. The summed E-state index contributed by atoms with van der Waals surface area (Å²) in [5.41, 5.74) is 1.75. The maximum Gasteiger partial charge on any atom is 0.258 e.